The Morgan fingerprint density at radius 2 is 1.82 bits per heavy atom. The molecule has 0 unspecified atom stereocenters. The third-order valence-corrected chi connectivity index (χ3v) is 2.65. The number of carbonyl (C=O) groups is 1. The maximum absolute atomic E-state index is 11.9. The Labute approximate surface area is 101 Å². The zero-order chi connectivity index (χ0) is 13.0. The molecule has 2 amide bonds. The lowest BCUT2D eigenvalue weighted by molar-refractivity contribution is 0.219. The lowest BCUT2D eigenvalue weighted by Crippen LogP contribution is -2.38. The summed E-state index contributed by atoms with van der Waals surface area (Å²) >= 11 is 0. The SMILES string of the molecule is CCN(C)C(=O)N(C)c1ccc(C(=N)N)cc1. The van der Waals surface area contributed by atoms with Crippen molar-refractivity contribution in [3.63, 3.8) is 0 Å². The van der Waals surface area contributed by atoms with Crippen LogP contribution in [-0.4, -0.2) is 37.4 Å². The van der Waals surface area contributed by atoms with Crippen LogP contribution in [0.4, 0.5) is 10.5 Å². The van der Waals surface area contributed by atoms with Gasteiger partial charge in [0.1, 0.15) is 5.84 Å². The highest BCUT2D eigenvalue weighted by Crippen LogP contribution is 2.14. The Kier molecular flexibility index (Phi) is 4.09. The van der Waals surface area contributed by atoms with Crippen molar-refractivity contribution in [3.05, 3.63) is 29.8 Å². The van der Waals surface area contributed by atoms with Crippen LogP contribution >= 0.6 is 0 Å². The summed E-state index contributed by atoms with van der Waals surface area (Å²) in [5.41, 5.74) is 6.79. The number of benzene rings is 1. The summed E-state index contributed by atoms with van der Waals surface area (Å²) in [6.07, 6.45) is 0. The van der Waals surface area contributed by atoms with Gasteiger partial charge in [-0.3, -0.25) is 10.3 Å². The molecule has 0 saturated heterocycles. The molecule has 0 aliphatic rings. The van der Waals surface area contributed by atoms with E-state index in [2.05, 4.69) is 0 Å². The van der Waals surface area contributed by atoms with Gasteiger partial charge in [0.05, 0.1) is 0 Å². The van der Waals surface area contributed by atoms with Crippen LogP contribution < -0.4 is 10.6 Å². The quantitative estimate of drug-likeness (QED) is 0.614. The third-order valence-electron chi connectivity index (χ3n) is 2.65. The number of nitrogens with one attached hydrogen (secondary N) is 1. The zero-order valence-corrected chi connectivity index (χ0v) is 10.4. The minimum absolute atomic E-state index is 0.0243. The number of amides is 2. The predicted octanol–water partition coefficient (Wildman–Crippen LogP) is 1.48. The Bertz CT molecular complexity index is 413. The van der Waals surface area contributed by atoms with Gasteiger partial charge >= 0.3 is 6.03 Å². The lowest BCUT2D eigenvalue weighted by atomic mass is 10.2. The van der Waals surface area contributed by atoms with Crippen molar-refractivity contribution in [3.8, 4) is 0 Å². The molecule has 0 bridgehead atoms. The Morgan fingerprint density at radius 1 is 1.29 bits per heavy atom. The topological polar surface area (TPSA) is 73.4 Å². The summed E-state index contributed by atoms with van der Waals surface area (Å²) in [5, 5.41) is 7.28. The Morgan fingerprint density at radius 3 is 2.24 bits per heavy atom. The standard InChI is InChI=1S/C12H18N4O/c1-4-15(2)12(17)16(3)10-7-5-9(6-8-10)11(13)14/h5-8H,4H2,1-3H3,(H3,13,14). The number of carbonyl (C=O) groups excluding carboxylic acids is 1. The smallest absolute Gasteiger partial charge is 0.323 e. The maximum atomic E-state index is 11.9. The van der Waals surface area contributed by atoms with E-state index in [-0.39, 0.29) is 11.9 Å². The molecule has 0 fully saturated rings. The second-order valence-corrected chi connectivity index (χ2v) is 3.82. The van der Waals surface area contributed by atoms with Crippen LogP contribution in [-0.2, 0) is 0 Å². The van der Waals surface area contributed by atoms with E-state index in [0.717, 1.165) is 5.69 Å². The summed E-state index contributed by atoms with van der Waals surface area (Å²) in [5.74, 6) is 0.0243. The van der Waals surface area contributed by atoms with Gasteiger partial charge in [-0.1, -0.05) is 0 Å². The number of hydrogen-bond acceptors (Lipinski definition) is 2. The van der Waals surface area contributed by atoms with Crippen LogP contribution in [0.5, 0.6) is 0 Å². The minimum atomic E-state index is -0.0666. The first-order valence-corrected chi connectivity index (χ1v) is 5.40. The first-order valence-electron chi connectivity index (χ1n) is 5.40. The van der Waals surface area contributed by atoms with Crippen LogP contribution in [0.25, 0.3) is 0 Å². The summed E-state index contributed by atoms with van der Waals surface area (Å²) in [4.78, 5) is 15.1. The van der Waals surface area contributed by atoms with Gasteiger partial charge < -0.3 is 10.6 Å². The molecule has 0 heterocycles. The third kappa shape index (κ3) is 2.96. The van der Waals surface area contributed by atoms with Gasteiger partial charge in [0.2, 0.25) is 0 Å². The van der Waals surface area contributed by atoms with Gasteiger partial charge in [0.15, 0.2) is 0 Å². The van der Waals surface area contributed by atoms with Crippen molar-refractivity contribution in [2.45, 2.75) is 6.92 Å². The van der Waals surface area contributed by atoms with Crippen molar-refractivity contribution in [1.82, 2.24) is 4.90 Å². The van der Waals surface area contributed by atoms with E-state index in [1.807, 2.05) is 6.92 Å². The van der Waals surface area contributed by atoms with E-state index in [9.17, 15) is 4.79 Å². The average Bonchev–Trinajstić information content (AvgIpc) is 2.36. The second-order valence-electron chi connectivity index (χ2n) is 3.82. The van der Waals surface area contributed by atoms with Crippen LogP contribution in [0.1, 0.15) is 12.5 Å². The summed E-state index contributed by atoms with van der Waals surface area (Å²) < 4.78 is 0. The van der Waals surface area contributed by atoms with Crippen molar-refractivity contribution in [2.24, 2.45) is 5.73 Å². The van der Waals surface area contributed by atoms with Gasteiger partial charge in [0, 0.05) is 31.9 Å². The van der Waals surface area contributed by atoms with E-state index in [0.29, 0.717) is 12.1 Å². The van der Waals surface area contributed by atoms with Gasteiger partial charge in [0.25, 0.3) is 0 Å². The molecule has 0 radical (unpaired) electrons. The van der Waals surface area contributed by atoms with Crippen molar-refractivity contribution >= 4 is 17.6 Å². The molecule has 0 aliphatic heterocycles. The van der Waals surface area contributed by atoms with Gasteiger partial charge in [-0.25, -0.2) is 4.79 Å². The number of urea groups is 1. The van der Waals surface area contributed by atoms with Crippen LogP contribution in [0.3, 0.4) is 0 Å². The summed E-state index contributed by atoms with van der Waals surface area (Å²) in [6, 6.07) is 6.94. The van der Waals surface area contributed by atoms with Crippen molar-refractivity contribution < 1.29 is 4.79 Å². The molecule has 0 spiro atoms. The first-order chi connectivity index (χ1) is 7.97. The summed E-state index contributed by atoms with van der Waals surface area (Å²) in [6.45, 7) is 2.58. The monoisotopic (exact) mass is 234 g/mol. The molecular weight excluding hydrogens is 216 g/mol. The molecule has 17 heavy (non-hydrogen) atoms. The highest BCUT2D eigenvalue weighted by Gasteiger charge is 2.14. The highest BCUT2D eigenvalue weighted by molar-refractivity contribution is 5.96. The molecule has 1 aromatic carbocycles. The fourth-order valence-corrected chi connectivity index (χ4v) is 1.37. The van der Waals surface area contributed by atoms with E-state index < -0.39 is 0 Å². The molecule has 0 aromatic heterocycles. The van der Waals surface area contributed by atoms with Crippen LogP contribution in [0.15, 0.2) is 24.3 Å². The normalized spacial score (nSPS) is 9.82. The number of nitrogen functional groups attached to an aromatic ring is 1. The van der Waals surface area contributed by atoms with E-state index in [4.69, 9.17) is 11.1 Å². The molecule has 92 valence electrons. The molecular formula is C12H18N4O. The first kappa shape index (κ1) is 13.0. The largest absolute Gasteiger partial charge is 0.384 e. The lowest BCUT2D eigenvalue weighted by Gasteiger charge is -2.24. The van der Waals surface area contributed by atoms with Crippen LogP contribution in [0, 0.1) is 5.41 Å². The average molecular weight is 234 g/mol. The van der Waals surface area contributed by atoms with E-state index >= 15 is 0 Å². The number of nitrogens with zero attached hydrogens (tertiary/aromatic N) is 2. The number of rotatable bonds is 3. The maximum Gasteiger partial charge on any atom is 0.323 e. The molecule has 1 aromatic rings. The fraction of sp³-hybridized carbons (Fsp3) is 0.333. The van der Waals surface area contributed by atoms with Gasteiger partial charge in [-0.15, -0.1) is 0 Å². The van der Waals surface area contributed by atoms with Gasteiger partial charge in [-0.05, 0) is 31.2 Å². The van der Waals surface area contributed by atoms with Gasteiger partial charge in [-0.2, -0.15) is 0 Å². The Hall–Kier alpha value is -2.04. The molecule has 5 heteroatoms. The Balaban J connectivity index is 2.86. The predicted molar refractivity (Wildman–Crippen MR) is 69.6 cm³/mol. The number of nitrogens with two attached hydrogens (primary N) is 1. The minimum Gasteiger partial charge on any atom is -0.384 e. The summed E-state index contributed by atoms with van der Waals surface area (Å²) in [7, 11) is 3.47. The number of anilines is 1. The fourth-order valence-electron chi connectivity index (χ4n) is 1.37. The van der Waals surface area contributed by atoms with Crippen LogP contribution in [0.2, 0.25) is 0 Å². The molecule has 5 nitrogen and oxygen atoms in total. The molecule has 0 saturated carbocycles. The zero-order valence-electron chi connectivity index (χ0n) is 10.4. The number of amidine groups is 1. The molecule has 0 atom stereocenters. The van der Waals surface area contributed by atoms with E-state index in [1.54, 1.807) is 48.2 Å². The highest BCUT2D eigenvalue weighted by atomic mass is 16.2. The molecule has 3 N–H and O–H groups in total. The van der Waals surface area contributed by atoms with E-state index in [1.165, 1.54) is 0 Å². The second kappa shape index (κ2) is 5.34. The van der Waals surface area contributed by atoms with Crippen molar-refractivity contribution in [2.75, 3.05) is 25.5 Å². The molecule has 1 rings (SSSR count). The number of hydrogen-bond donors (Lipinski definition) is 2. The molecule has 0 aliphatic carbocycles. The van der Waals surface area contributed by atoms with Crippen molar-refractivity contribution in [1.29, 1.82) is 5.41 Å².